The van der Waals surface area contributed by atoms with Gasteiger partial charge >= 0.3 is 0 Å². The highest BCUT2D eigenvalue weighted by molar-refractivity contribution is 9.10. The van der Waals surface area contributed by atoms with E-state index in [-0.39, 0.29) is 12.3 Å². The molecule has 1 rings (SSSR count). The molecule has 0 atom stereocenters. The summed E-state index contributed by atoms with van der Waals surface area (Å²) in [5.41, 5.74) is 3.16. The van der Waals surface area contributed by atoms with Crippen LogP contribution in [0.25, 0.3) is 0 Å². The molecule has 0 aliphatic carbocycles. The molecule has 0 saturated heterocycles. The first kappa shape index (κ1) is 12.2. The van der Waals surface area contributed by atoms with Gasteiger partial charge in [-0.3, -0.25) is 0 Å². The van der Waals surface area contributed by atoms with Crippen molar-refractivity contribution in [2.45, 2.75) is 6.54 Å². The Bertz CT molecular complexity index is 360. The summed E-state index contributed by atoms with van der Waals surface area (Å²) in [6.07, 6.45) is 0. The van der Waals surface area contributed by atoms with Gasteiger partial charge in [-0.2, -0.15) is 5.48 Å². The van der Waals surface area contributed by atoms with Gasteiger partial charge in [-0.05, 0) is 6.07 Å². The van der Waals surface area contributed by atoms with Gasteiger partial charge in [-0.15, -0.1) is 0 Å². The molecule has 0 saturated carbocycles. The van der Waals surface area contributed by atoms with E-state index in [1.807, 2.05) is 0 Å². The first-order valence-electron chi connectivity index (χ1n) is 4.11. The molecule has 0 amide bonds. The molecule has 0 heterocycles. The van der Waals surface area contributed by atoms with E-state index in [9.17, 15) is 9.50 Å². The van der Waals surface area contributed by atoms with Crippen molar-refractivity contribution in [2.75, 3.05) is 14.2 Å². The van der Waals surface area contributed by atoms with Crippen molar-refractivity contribution < 1.29 is 19.1 Å². The van der Waals surface area contributed by atoms with E-state index in [0.717, 1.165) is 0 Å². The van der Waals surface area contributed by atoms with Crippen LogP contribution < -0.4 is 10.2 Å². The fourth-order valence-electron chi connectivity index (χ4n) is 1.16. The molecule has 0 radical (unpaired) electrons. The van der Waals surface area contributed by atoms with Gasteiger partial charge in [0.25, 0.3) is 0 Å². The van der Waals surface area contributed by atoms with Crippen molar-refractivity contribution in [1.82, 2.24) is 5.48 Å². The van der Waals surface area contributed by atoms with Gasteiger partial charge in [0.15, 0.2) is 17.3 Å². The first-order chi connectivity index (χ1) is 7.11. The Balaban J connectivity index is 3.16. The van der Waals surface area contributed by atoms with Gasteiger partial charge in [0.2, 0.25) is 0 Å². The van der Waals surface area contributed by atoms with E-state index in [1.165, 1.54) is 20.3 Å². The summed E-state index contributed by atoms with van der Waals surface area (Å²) in [6, 6.07) is 1.17. The number of hydroxylamine groups is 1. The summed E-state index contributed by atoms with van der Waals surface area (Å²) < 4.78 is 18.5. The van der Waals surface area contributed by atoms with Gasteiger partial charge < -0.3 is 14.7 Å². The second-order valence-corrected chi connectivity index (χ2v) is 3.58. The Hall–Kier alpha value is -0.850. The smallest absolute Gasteiger partial charge is 0.194 e. The minimum absolute atomic E-state index is 0.0893. The molecule has 2 N–H and O–H groups in total. The number of hydrogen-bond acceptors (Lipinski definition) is 4. The van der Waals surface area contributed by atoms with Crippen molar-refractivity contribution in [1.29, 1.82) is 0 Å². The van der Waals surface area contributed by atoms with E-state index in [0.29, 0.717) is 10.0 Å². The quantitative estimate of drug-likeness (QED) is 0.828. The zero-order chi connectivity index (χ0) is 11.4. The largest absolute Gasteiger partial charge is 0.502 e. The third-order valence-corrected chi connectivity index (χ3v) is 2.56. The summed E-state index contributed by atoms with van der Waals surface area (Å²) in [5, 5.41) is 9.41. The third kappa shape index (κ3) is 2.58. The second-order valence-electron chi connectivity index (χ2n) is 2.73. The highest BCUT2D eigenvalue weighted by atomic mass is 79.9. The lowest BCUT2D eigenvalue weighted by Crippen LogP contribution is -2.12. The van der Waals surface area contributed by atoms with Gasteiger partial charge in [0.1, 0.15) is 0 Å². The molecule has 0 aliphatic heterocycles. The maximum Gasteiger partial charge on any atom is 0.194 e. The predicted octanol–water partition coefficient (Wildman–Crippen LogP) is 1.95. The Morgan fingerprint density at radius 2 is 2.20 bits per heavy atom. The van der Waals surface area contributed by atoms with E-state index in [4.69, 9.17) is 4.74 Å². The van der Waals surface area contributed by atoms with Crippen LogP contribution in [0.15, 0.2) is 10.5 Å². The van der Waals surface area contributed by atoms with Crippen LogP contribution in [0.5, 0.6) is 11.5 Å². The fraction of sp³-hybridized carbons (Fsp3) is 0.333. The number of rotatable bonds is 4. The molecule has 4 nitrogen and oxygen atoms in total. The number of ether oxygens (including phenoxy) is 1. The zero-order valence-electron chi connectivity index (χ0n) is 8.30. The molecule has 0 aromatic heterocycles. The fourth-order valence-corrected chi connectivity index (χ4v) is 1.68. The van der Waals surface area contributed by atoms with Crippen LogP contribution in [0.1, 0.15) is 5.56 Å². The number of phenolic OH excluding ortho intramolecular Hbond substituents is 1. The lowest BCUT2D eigenvalue weighted by molar-refractivity contribution is 0.0858. The molecule has 1 aromatic rings. The lowest BCUT2D eigenvalue weighted by Gasteiger charge is -2.12. The van der Waals surface area contributed by atoms with Crippen molar-refractivity contribution in [3.63, 3.8) is 0 Å². The number of phenols is 1. The van der Waals surface area contributed by atoms with Crippen molar-refractivity contribution in [3.05, 3.63) is 21.9 Å². The predicted molar refractivity (Wildman–Crippen MR) is 56.2 cm³/mol. The minimum atomic E-state index is -0.736. The highest BCUT2D eigenvalue weighted by Crippen LogP contribution is 2.37. The number of hydrogen-bond donors (Lipinski definition) is 2. The third-order valence-electron chi connectivity index (χ3n) is 1.85. The molecule has 0 bridgehead atoms. The Labute approximate surface area is 95.1 Å². The molecule has 0 fully saturated rings. The summed E-state index contributed by atoms with van der Waals surface area (Å²) >= 11 is 3.18. The molecule has 6 heteroatoms. The molecular formula is C9H11BrFNO3. The average Bonchev–Trinajstić information content (AvgIpc) is 2.21. The standard InChI is InChI=1S/C9H11BrFNO3/c1-14-9-5(4-12-15-2)6(10)3-7(11)8(9)13/h3,12-13H,4H2,1-2H3. The van der Waals surface area contributed by atoms with Crippen LogP contribution in [0.2, 0.25) is 0 Å². The normalized spacial score (nSPS) is 10.4. The first-order valence-corrected chi connectivity index (χ1v) is 4.90. The van der Waals surface area contributed by atoms with Crippen LogP contribution >= 0.6 is 15.9 Å². The van der Waals surface area contributed by atoms with Crippen molar-refractivity contribution in [3.8, 4) is 11.5 Å². The number of methoxy groups -OCH3 is 1. The van der Waals surface area contributed by atoms with Crippen LogP contribution in [0.4, 0.5) is 4.39 Å². The lowest BCUT2D eigenvalue weighted by atomic mass is 10.2. The summed E-state index contributed by atoms with van der Waals surface area (Å²) in [6.45, 7) is 0.286. The van der Waals surface area contributed by atoms with Crippen molar-refractivity contribution in [2.24, 2.45) is 0 Å². The highest BCUT2D eigenvalue weighted by Gasteiger charge is 2.17. The summed E-state index contributed by atoms with van der Waals surface area (Å²) in [4.78, 5) is 4.67. The molecule has 15 heavy (non-hydrogen) atoms. The van der Waals surface area contributed by atoms with Crippen LogP contribution in [-0.2, 0) is 11.4 Å². The second kappa shape index (κ2) is 5.29. The molecule has 0 spiro atoms. The monoisotopic (exact) mass is 279 g/mol. The van der Waals surface area contributed by atoms with Gasteiger partial charge in [0.05, 0.1) is 20.8 Å². The van der Waals surface area contributed by atoms with Gasteiger partial charge in [-0.25, -0.2) is 4.39 Å². The zero-order valence-corrected chi connectivity index (χ0v) is 9.89. The summed E-state index contributed by atoms with van der Waals surface area (Å²) in [5.74, 6) is -1.15. The van der Waals surface area contributed by atoms with E-state index >= 15 is 0 Å². The SMILES string of the molecule is CONCc1c(Br)cc(F)c(O)c1OC. The Morgan fingerprint density at radius 3 is 2.73 bits per heavy atom. The van der Waals surface area contributed by atoms with E-state index in [1.54, 1.807) is 0 Å². The number of nitrogens with one attached hydrogen (secondary N) is 1. The maximum atomic E-state index is 13.1. The molecule has 0 aliphatic rings. The molecule has 1 aromatic carbocycles. The molecular weight excluding hydrogens is 269 g/mol. The number of halogens is 2. The molecule has 84 valence electrons. The molecule has 0 unspecified atom stereocenters. The summed E-state index contributed by atoms with van der Waals surface area (Å²) in [7, 11) is 2.82. The van der Waals surface area contributed by atoms with Gasteiger partial charge in [0, 0.05) is 10.0 Å². The topological polar surface area (TPSA) is 50.7 Å². The van der Waals surface area contributed by atoms with Crippen LogP contribution in [0, 0.1) is 5.82 Å². The Kier molecular flexibility index (Phi) is 4.31. The average molecular weight is 280 g/mol. The van der Waals surface area contributed by atoms with Crippen molar-refractivity contribution >= 4 is 15.9 Å². The van der Waals surface area contributed by atoms with E-state index in [2.05, 4.69) is 26.2 Å². The van der Waals surface area contributed by atoms with Crippen LogP contribution in [0.3, 0.4) is 0 Å². The van der Waals surface area contributed by atoms with E-state index < -0.39 is 11.6 Å². The maximum absolute atomic E-state index is 13.1. The van der Waals surface area contributed by atoms with Gasteiger partial charge in [-0.1, -0.05) is 15.9 Å². The van der Waals surface area contributed by atoms with Crippen LogP contribution in [-0.4, -0.2) is 19.3 Å². The minimum Gasteiger partial charge on any atom is -0.502 e. The number of benzene rings is 1. The Morgan fingerprint density at radius 1 is 1.53 bits per heavy atom. The number of aromatic hydroxyl groups is 1.